The molecule has 3 aliphatic rings. The molecule has 1 atom stereocenters. The minimum atomic E-state index is -3.66. The largest absolute Gasteiger partial charge is 0.462 e. The molecule has 232 valence electrons. The molecule has 0 N–H and O–H groups in total. The average Bonchev–Trinajstić information content (AvgIpc) is 3.84. The van der Waals surface area contributed by atoms with Gasteiger partial charge in [-0.05, 0) is 56.2 Å². The van der Waals surface area contributed by atoms with Gasteiger partial charge in [0.2, 0.25) is 10.0 Å². The number of sulfonamides is 1. The summed E-state index contributed by atoms with van der Waals surface area (Å²) >= 11 is 0. The number of anilines is 2. The van der Waals surface area contributed by atoms with E-state index in [4.69, 9.17) is 14.7 Å². The SMILES string of the molecule is C=CS(=O)(=O)N1CCN(c2nc(OCCN(C)CC3CC3)nc3c2CCN(c2cccc4cccc(C)c24)C3)C[C@@H]1CC#N. The van der Waals surface area contributed by atoms with Gasteiger partial charge in [0.05, 0.1) is 30.8 Å². The summed E-state index contributed by atoms with van der Waals surface area (Å²) in [6, 6.07) is 14.9. The van der Waals surface area contributed by atoms with Crippen molar-refractivity contribution in [2.24, 2.45) is 5.92 Å². The zero-order chi connectivity index (χ0) is 30.8. The number of aryl methyl sites for hydroxylation is 1. The number of benzene rings is 2. The van der Waals surface area contributed by atoms with E-state index >= 15 is 0 Å². The molecule has 6 rings (SSSR count). The molecule has 2 aromatic carbocycles. The molecule has 3 aromatic rings. The minimum Gasteiger partial charge on any atom is -0.462 e. The van der Waals surface area contributed by atoms with Crippen molar-refractivity contribution in [3.8, 4) is 12.1 Å². The molecule has 0 bridgehead atoms. The fraction of sp³-hybridized carbons (Fsp3) is 0.485. The number of fused-ring (bicyclic) bond motifs is 2. The maximum absolute atomic E-state index is 12.7. The number of nitriles is 1. The van der Waals surface area contributed by atoms with Crippen LogP contribution in [0.2, 0.25) is 0 Å². The highest BCUT2D eigenvalue weighted by Crippen LogP contribution is 2.36. The molecule has 1 saturated carbocycles. The first-order chi connectivity index (χ1) is 21.3. The third kappa shape index (κ3) is 6.39. The summed E-state index contributed by atoms with van der Waals surface area (Å²) in [7, 11) is -1.54. The van der Waals surface area contributed by atoms with E-state index in [2.05, 4.69) is 77.7 Å². The van der Waals surface area contributed by atoms with Crippen molar-refractivity contribution in [2.45, 2.75) is 45.2 Å². The second-order valence-electron chi connectivity index (χ2n) is 12.2. The molecule has 10 nitrogen and oxygen atoms in total. The van der Waals surface area contributed by atoms with E-state index in [-0.39, 0.29) is 13.0 Å². The number of piperazine rings is 1. The fourth-order valence-corrected chi connectivity index (χ4v) is 7.63. The van der Waals surface area contributed by atoms with Crippen molar-refractivity contribution in [3.63, 3.8) is 0 Å². The normalized spacial score (nSPS) is 19.2. The Labute approximate surface area is 260 Å². The highest BCUT2D eigenvalue weighted by Gasteiger charge is 2.36. The Bertz CT molecular complexity index is 1680. The van der Waals surface area contributed by atoms with Crippen LogP contribution in [0, 0.1) is 24.2 Å². The first kappa shape index (κ1) is 30.3. The van der Waals surface area contributed by atoms with Crippen LogP contribution in [0.15, 0.2) is 48.4 Å². The van der Waals surface area contributed by atoms with E-state index in [0.29, 0.717) is 32.3 Å². The van der Waals surface area contributed by atoms with Crippen molar-refractivity contribution < 1.29 is 13.2 Å². The fourth-order valence-electron chi connectivity index (χ4n) is 6.55. The van der Waals surface area contributed by atoms with Crippen LogP contribution in [-0.4, -0.2) is 86.6 Å². The maximum Gasteiger partial charge on any atom is 0.318 e. The van der Waals surface area contributed by atoms with Crippen LogP contribution in [0.25, 0.3) is 10.8 Å². The van der Waals surface area contributed by atoms with E-state index in [1.54, 1.807) is 0 Å². The summed E-state index contributed by atoms with van der Waals surface area (Å²) in [5.74, 6) is 1.59. The number of rotatable bonds is 11. The van der Waals surface area contributed by atoms with Crippen LogP contribution in [0.1, 0.15) is 36.1 Å². The second kappa shape index (κ2) is 12.7. The second-order valence-corrected chi connectivity index (χ2v) is 14.0. The van der Waals surface area contributed by atoms with Crippen LogP contribution < -0.4 is 14.5 Å². The Hall–Kier alpha value is -3.72. The van der Waals surface area contributed by atoms with Gasteiger partial charge in [-0.1, -0.05) is 36.9 Å². The van der Waals surface area contributed by atoms with Crippen LogP contribution in [0.5, 0.6) is 6.01 Å². The third-order valence-corrected chi connectivity index (χ3v) is 10.6. The quantitative estimate of drug-likeness (QED) is 0.315. The maximum atomic E-state index is 12.7. The molecule has 0 spiro atoms. The van der Waals surface area contributed by atoms with Crippen LogP contribution >= 0.6 is 0 Å². The van der Waals surface area contributed by atoms with Gasteiger partial charge in [-0.25, -0.2) is 8.42 Å². The molecule has 2 fully saturated rings. The van der Waals surface area contributed by atoms with E-state index in [1.165, 1.54) is 39.2 Å². The lowest BCUT2D eigenvalue weighted by Crippen LogP contribution is -2.55. The highest BCUT2D eigenvalue weighted by atomic mass is 32.2. The molecule has 1 aliphatic carbocycles. The first-order valence-corrected chi connectivity index (χ1v) is 17.0. The zero-order valence-corrected chi connectivity index (χ0v) is 26.5. The standard InChI is InChI=1S/C33H41N7O3S/c1-4-44(41,42)40-18-17-39(22-27(40)13-15-34)32-28-14-16-38(30-10-6-9-26-8-5-7-24(2)31(26)30)23-29(28)35-33(36-32)43-20-19-37(3)21-25-11-12-25/h4-10,25,27H,1,11-14,16-23H2,2-3H3/t27-/m0/s1. The minimum absolute atomic E-state index is 0.0851. The summed E-state index contributed by atoms with van der Waals surface area (Å²) in [5, 5.41) is 13.0. The van der Waals surface area contributed by atoms with Gasteiger partial charge in [-0.2, -0.15) is 19.5 Å². The van der Waals surface area contributed by atoms with E-state index in [0.717, 1.165) is 54.5 Å². The molecule has 1 aromatic heterocycles. The molecular weight excluding hydrogens is 574 g/mol. The molecule has 0 radical (unpaired) electrons. The Morgan fingerprint density at radius 2 is 1.93 bits per heavy atom. The van der Waals surface area contributed by atoms with E-state index in [9.17, 15) is 13.7 Å². The van der Waals surface area contributed by atoms with Gasteiger partial charge in [0.15, 0.2) is 0 Å². The number of hydrogen-bond acceptors (Lipinski definition) is 9. The Morgan fingerprint density at radius 3 is 2.68 bits per heavy atom. The monoisotopic (exact) mass is 615 g/mol. The van der Waals surface area contributed by atoms with Crippen molar-refractivity contribution in [1.29, 1.82) is 5.26 Å². The molecule has 1 saturated heterocycles. The first-order valence-electron chi connectivity index (χ1n) is 15.5. The van der Waals surface area contributed by atoms with Gasteiger partial charge < -0.3 is 19.4 Å². The van der Waals surface area contributed by atoms with Gasteiger partial charge in [-0.15, -0.1) is 0 Å². The summed E-state index contributed by atoms with van der Waals surface area (Å²) in [5.41, 5.74) is 4.41. The summed E-state index contributed by atoms with van der Waals surface area (Å²) in [6.45, 7) is 10.5. The van der Waals surface area contributed by atoms with Gasteiger partial charge in [0.25, 0.3) is 0 Å². The predicted molar refractivity (Wildman–Crippen MR) is 173 cm³/mol. The van der Waals surface area contributed by atoms with Crippen LogP contribution in [0.3, 0.4) is 0 Å². The topological polar surface area (TPSA) is 106 Å². The molecule has 0 amide bonds. The average molecular weight is 616 g/mol. The highest BCUT2D eigenvalue weighted by molar-refractivity contribution is 7.92. The smallest absolute Gasteiger partial charge is 0.318 e. The molecular formula is C33H41N7O3S. The molecule has 0 unspecified atom stereocenters. The summed E-state index contributed by atoms with van der Waals surface area (Å²) < 4.78 is 33.0. The van der Waals surface area contributed by atoms with E-state index < -0.39 is 16.1 Å². The Morgan fingerprint density at radius 1 is 1.14 bits per heavy atom. The lowest BCUT2D eigenvalue weighted by molar-refractivity contribution is 0.220. The molecule has 3 heterocycles. The van der Waals surface area contributed by atoms with Crippen molar-refractivity contribution in [2.75, 3.05) is 62.7 Å². The molecule has 44 heavy (non-hydrogen) atoms. The van der Waals surface area contributed by atoms with Crippen molar-refractivity contribution >= 4 is 32.3 Å². The Kier molecular flexibility index (Phi) is 8.76. The van der Waals surface area contributed by atoms with Crippen molar-refractivity contribution in [3.05, 3.63) is 65.2 Å². The van der Waals surface area contributed by atoms with Gasteiger partial charge in [0, 0.05) is 61.3 Å². The van der Waals surface area contributed by atoms with E-state index in [1.807, 2.05) is 0 Å². The lowest BCUT2D eigenvalue weighted by Gasteiger charge is -2.41. The summed E-state index contributed by atoms with van der Waals surface area (Å²) in [4.78, 5) is 16.7. The predicted octanol–water partition coefficient (Wildman–Crippen LogP) is 4.10. The summed E-state index contributed by atoms with van der Waals surface area (Å²) in [6.07, 6.45) is 3.44. The Balaban J connectivity index is 1.31. The van der Waals surface area contributed by atoms with Crippen molar-refractivity contribution in [1.82, 2.24) is 19.2 Å². The number of aromatic nitrogens is 2. The number of ether oxygens (including phenoxy) is 1. The molecule has 2 aliphatic heterocycles. The number of nitrogens with zero attached hydrogens (tertiary/aromatic N) is 7. The van der Waals surface area contributed by atoms with Gasteiger partial charge >= 0.3 is 6.01 Å². The zero-order valence-electron chi connectivity index (χ0n) is 25.7. The third-order valence-electron chi connectivity index (χ3n) is 9.02. The van der Waals surface area contributed by atoms with Gasteiger partial charge in [-0.3, -0.25) is 0 Å². The number of likely N-dealkylation sites (N-methyl/N-ethyl adjacent to an activating group) is 1. The lowest BCUT2D eigenvalue weighted by atomic mass is 9.99. The number of hydrogen-bond donors (Lipinski definition) is 0. The van der Waals surface area contributed by atoms with Crippen LogP contribution in [0.4, 0.5) is 11.5 Å². The van der Waals surface area contributed by atoms with Crippen LogP contribution in [-0.2, 0) is 23.0 Å². The van der Waals surface area contributed by atoms with Gasteiger partial charge in [0.1, 0.15) is 12.4 Å². The molecule has 11 heteroatoms.